The number of aliphatic imine (C=N–C) groups is 2. The molecule has 4 rings (SSSR count). The number of pyridine rings is 2. The van der Waals surface area contributed by atoms with E-state index in [0.29, 0.717) is 13.1 Å². The molecule has 4 heteroatoms. The lowest BCUT2D eigenvalue weighted by Crippen LogP contribution is -2.20. The molecule has 0 saturated carbocycles. The van der Waals surface area contributed by atoms with Gasteiger partial charge in [-0.15, -0.1) is 0 Å². The topological polar surface area (TPSA) is 50.5 Å². The molecule has 0 aliphatic heterocycles. The first-order valence-electron chi connectivity index (χ1n) is 9.78. The number of fused-ring (bicyclic) bond motifs is 2. The molecule has 0 aliphatic rings. The second kappa shape index (κ2) is 8.31. The minimum atomic E-state index is -0.0410. The number of benzene rings is 2. The fourth-order valence-electron chi connectivity index (χ4n) is 3.16. The van der Waals surface area contributed by atoms with E-state index in [4.69, 9.17) is 0 Å². The van der Waals surface area contributed by atoms with Crippen LogP contribution in [-0.2, 0) is 0 Å². The van der Waals surface area contributed by atoms with Crippen LogP contribution in [0.4, 0.5) is 0 Å². The van der Waals surface area contributed by atoms with Crippen LogP contribution in [0.15, 0.2) is 83.0 Å². The van der Waals surface area contributed by atoms with Gasteiger partial charge in [-0.1, -0.05) is 62.4 Å². The van der Waals surface area contributed by atoms with Gasteiger partial charge in [0.05, 0.1) is 11.4 Å². The van der Waals surface area contributed by atoms with E-state index in [-0.39, 0.29) is 5.41 Å². The summed E-state index contributed by atoms with van der Waals surface area (Å²) in [5, 5.41) is 4.63. The van der Waals surface area contributed by atoms with Gasteiger partial charge in [0.25, 0.3) is 0 Å². The lowest BCUT2D eigenvalue weighted by atomic mass is 9.94. The average Bonchev–Trinajstić information content (AvgIpc) is 2.73. The number of nitrogens with zero attached hydrogens (tertiary/aromatic N) is 4. The molecule has 144 valence electrons. The molecule has 0 atom stereocenters. The molecule has 4 aromatic rings. The molecule has 0 amide bonds. The second-order valence-corrected chi connectivity index (χ2v) is 8.02. The molecule has 29 heavy (non-hydrogen) atoms. The zero-order valence-corrected chi connectivity index (χ0v) is 16.8. The Morgan fingerprint density at radius 2 is 1.10 bits per heavy atom. The smallest absolute Gasteiger partial charge is 0.0814 e. The standard InChI is InChI=1S/C25H24N4/c1-25(2,17-26-15-23-11-19-7-3-5-9-21(19)13-28-23)18-27-16-24-12-20-8-4-6-10-22(20)14-29-24/h3-16H,17-18H2,1-2H3. The zero-order chi connectivity index (χ0) is 20.1. The molecule has 0 fully saturated rings. The first-order valence-corrected chi connectivity index (χ1v) is 9.78. The van der Waals surface area contributed by atoms with Crippen molar-refractivity contribution >= 4 is 34.0 Å². The molecule has 2 heterocycles. The molecule has 0 saturated heterocycles. The van der Waals surface area contributed by atoms with Crippen LogP contribution in [0.25, 0.3) is 21.5 Å². The van der Waals surface area contributed by atoms with Crippen molar-refractivity contribution in [3.05, 3.63) is 84.4 Å². The van der Waals surface area contributed by atoms with Crippen molar-refractivity contribution in [2.45, 2.75) is 13.8 Å². The molecule has 4 nitrogen and oxygen atoms in total. The Bertz CT molecular complexity index is 1100. The van der Waals surface area contributed by atoms with E-state index < -0.39 is 0 Å². The van der Waals surface area contributed by atoms with Crippen LogP contribution in [0.1, 0.15) is 25.2 Å². The van der Waals surface area contributed by atoms with Crippen LogP contribution in [0, 0.1) is 5.41 Å². The van der Waals surface area contributed by atoms with Crippen LogP contribution < -0.4 is 0 Å². The van der Waals surface area contributed by atoms with E-state index in [2.05, 4.69) is 70.2 Å². The number of rotatable bonds is 6. The summed E-state index contributed by atoms with van der Waals surface area (Å²) in [7, 11) is 0. The van der Waals surface area contributed by atoms with Crippen molar-refractivity contribution < 1.29 is 0 Å². The van der Waals surface area contributed by atoms with Crippen LogP contribution in [0.2, 0.25) is 0 Å². The maximum absolute atomic E-state index is 4.61. The average molecular weight is 380 g/mol. The fourth-order valence-corrected chi connectivity index (χ4v) is 3.16. The Labute approximate surface area is 171 Å². The Hall–Kier alpha value is -3.40. The van der Waals surface area contributed by atoms with Crippen molar-refractivity contribution in [1.82, 2.24) is 9.97 Å². The normalized spacial score (nSPS) is 12.5. The third-order valence-electron chi connectivity index (χ3n) is 4.79. The summed E-state index contributed by atoms with van der Waals surface area (Å²) in [6.07, 6.45) is 7.48. The van der Waals surface area contributed by atoms with Gasteiger partial charge in [0, 0.05) is 54.1 Å². The molecule has 0 spiro atoms. The van der Waals surface area contributed by atoms with Crippen molar-refractivity contribution in [3.63, 3.8) is 0 Å². The first kappa shape index (κ1) is 18.9. The highest BCUT2D eigenvalue weighted by molar-refractivity contribution is 5.88. The molecule has 0 N–H and O–H groups in total. The summed E-state index contributed by atoms with van der Waals surface area (Å²) in [6, 6.07) is 20.6. The van der Waals surface area contributed by atoms with Gasteiger partial charge in [0.2, 0.25) is 0 Å². The van der Waals surface area contributed by atoms with Crippen molar-refractivity contribution in [2.75, 3.05) is 13.1 Å². The number of aromatic nitrogens is 2. The van der Waals surface area contributed by atoms with E-state index in [1.54, 1.807) is 0 Å². The summed E-state index contributed by atoms with van der Waals surface area (Å²) >= 11 is 0. The van der Waals surface area contributed by atoms with Gasteiger partial charge in [-0.05, 0) is 22.9 Å². The monoisotopic (exact) mass is 380 g/mol. The zero-order valence-electron chi connectivity index (χ0n) is 16.8. The number of hydrogen-bond donors (Lipinski definition) is 0. The van der Waals surface area contributed by atoms with Crippen molar-refractivity contribution in [3.8, 4) is 0 Å². The lowest BCUT2D eigenvalue weighted by molar-refractivity contribution is 0.396. The van der Waals surface area contributed by atoms with Crippen LogP contribution >= 0.6 is 0 Å². The second-order valence-electron chi connectivity index (χ2n) is 8.02. The van der Waals surface area contributed by atoms with Gasteiger partial charge in [-0.3, -0.25) is 20.0 Å². The SMILES string of the molecule is CC(C)(CN=Cc1cc2ccccc2cn1)CN=Cc1cc2ccccc2cn1. The van der Waals surface area contributed by atoms with Crippen LogP contribution in [0.5, 0.6) is 0 Å². The van der Waals surface area contributed by atoms with Crippen molar-refractivity contribution in [2.24, 2.45) is 15.4 Å². The maximum atomic E-state index is 4.61. The van der Waals surface area contributed by atoms with E-state index in [0.717, 1.165) is 22.2 Å². The molecule has 2 aromatic heterocycles. The highest BCUT2D eigenvalue weighted by Crippen LogP contribution is 2.17. The summed E-state index contributed by atoms with van der Waals surface area (Å²) in [5.74, 6) is 0. The third kappa shape index (κ3) is 4.91. The van der Waals surface area contributed by atoms with E-state index in [9.17, 15) is 0 Å². The minimum absolute atomic E-state index is 0.0410. The summed E-state index contributed by atoms with van der Waals surface area (Å²) < 4.78 is 0. The summed E-state index contributed by atoms with van der Waals surface area (Å²) in [5.41, 5.74) is 1.72. The highest BCUT2D eigenvalue weighted by Gasteiger charge is 2.16. The van der Waals surface area contributed by atoms with Crippen LogP contribution in [0.3, 0.4) is 0 Å². The largest absolute Gasteiger partial charge is 0.290 e. The third-order valence-corrected chi connectivity index (χ3v) is 4.79. The van der Waals surface area contributed by atoms with Gasteiger partial charge in [-0.2, -0.15) is 0 Å². The van der Waals surface area contributed by atoms with E-state index in [1.165, 1.54) is 10.8 Å². The van der Waals surface area contributed by atoms with Gasteiger partial charge < -0.3 is 0 Å². The molecule has 0 aliphatic carbocycles. The Morgan fingerprint density at radius 1 is 0.690 bits per heavy atom. The van der Waals surface area contributed by atoms with Crippen molar-refractivity contribution in [1.29, 1.82) is 0 Å². The molecular weight excluding hydrogens is 356 g/mol. The molecule has 0 unspecified atom stereocenters. The predicted molar refractivity (Wildman–Crippen MR) is 122 cm³/mol. The van der Waals surface area contributed by atoms with Gasteiger partial charge >= 0.3 is 0 Å². The first-order chi connectivity index (χ1) is 14.1. The Morgan fingerprint density at radius 3 is 1.55 bits per heavy atom. The number of hydrogen-bond acceptors (Lipinski definition) is 4. The highest BCUT2D eigenvalue weighted by atomic mass is 14.8. The van der Waals surface area contributed by atoms with Gasteiger partial charge in [0.1, 0.15) is 0 Å². The lowest BCUT2D eigenvalue weighted by Gasteiger charge is -2.19. The molecular formula is C25H24N4. The Kier molecular flexibility index (Phi) is 5.43. The van der Waals surface area contributed by atoms with Crippen LogP contribution in [-0.4, -0.2) is 35.5 Å². The Balaban J connectivity index is 1.37. The van der Waals surface area contributed by atoms with E-state index >= 15 is 0 Å². The molecule has 2 aromatic carbocycles. The van der Waals surface area contributed by atoms with Gasteiger partial charge in [0.15, 0.2) is 0 Å². The van der Waals surface area contributed by atoms with E-state index in [1.807, 2.05) is 49.1 Å². The molecule has 0 bridgehead atoms. The fraction of sp³-hybridized carbons (Fsp3) is 0.200. The molecule has 0 radical (unpaired) electrons. The minimum Gasteiger partial charge on any atom is -0.290 e. The maximum Gasteiger partial charge on any atom is 0.0814 e. The summed E-state index contributed by atoms with van der Waals surface area (Å²) in [6.45, 7) is 5.71. The summed E-state index contributed by atoms with van der Waals surface area (Å²) in [4.78, 5) is 18.2. The van der Waals surface area contributed by atoms with Gasteiger partial charge in [-0.25, -0.2) is 0 Å². The predicted octanol–water partition coefficient (Wildman–Crippen LogP) is 5.35. The quantitative estimate of drug-likeness (QED) is 0.424.